The minimum atomic E-state index is 0.767. The maximum atomic E-state index is 6.69. The molecule has 18 heteroatoms. The minimum Gasteiger partial charge on any atom is -0.464 e. The zero-order chi connectivity index (χ0) is 95.5. The van der Waals surface area contributed by atoms with Gasteiger partial charge in [-0.05, 0) is 245 Å². The van der Waals surface area contributed by atoms with Crippen LogP contribution in [-0.2, 0) is 0 Å². The van der Waals surface area contributed by atoms with Crippen LogP contribution in [0.25, 0.3) is 309 Å². The van der Waals surface area contributed by atoms with Crippen LogP contribution in [0.4, 0.5) is 0 Å². The Hall–Kier alpha value is -19.4. The lowest BCUT2D eigenvalue weighted by atomic mass is 9.87. The fraction of sp³-hybridized carbons (Fsp3) is 0. The van der Waals surface area contributed by atoms with Crippen molar-refractivity contribution in [3.05, 3.63) is 438 Å². The molecule has 0 bridgehead atoms. The number of fused-ring (bicyclic) bond motifs is 42. The molecule has 0 radical (unpaired) electrons. The van der Waals surface area contributed by atoms with E-state index in [9.17, 15) is 0 Å². The molecular formula is C128H72N12O4S2. The van der Waals surface area contributed by atoms with Gasteiger partial charge in [0, 0.05) is 224 Å². The van der Waals surface area contributed by atoms with E-state index in [4.69, 9.17) is 57.5 Å². The van der Waals surface area contributed by atoms with Gasteiger partial charge in [-0.25, -0.2) is 15.0 Å². The maximum Gasteiger partial charge on any atom is 0.160 e. The zero-order valence-corrected chi connectivity index (χ0v) is 79.0. The molecule has 30 aromatic rings. The molecular weight excluding hydrogens is 1830 g/mol. The van der Waals surface area contributed by atoms with Crippen LogP contribution in [0.3, 0.4) is 0 Å². The summed E-state index contributed by atoms with van der Waals surface area (Å²) in [5, 5.41) is 16.2. The molecule has 3 aliphatic carbocycles. The van der Waals surface area contributed by atoms with Crippen LogP contribution in [0.2, 0.25) is 0 Å². The average molecular weight is 1910 g/mol. The molecule has 0 unspecified atom stereocenters. The highest BCUT2D eigenvalue weighted by Gasteiger charge is 2.33. The number of pyridine rings is 8. The molecule has 0 N–H and O–H groups in total. The lowest BCUT2D eigenvalue weighted by molar-refractivity contribution is 0.579. The molecule has 680 valence electrons. The van der Waals surface area contributed by atoms with E-state index in [1.165, 1.54) is 68.7 Å². The highest BCUT2D eigenvalue weighted by molar-refractivity contribution is 7.26. The van der Waals surface area contributed by atoms with Crippen LogP contribution < -0.4 is 0 Å². The molecule has 18 heterocycles. The highest BCUT2D eigenvalue weighted by atomic mass is 32.1. The first kappa shape index (κ1) is 81.4. The van der Waals surface area contributed by atoms with Crippen molar-refractivity contribution in [2.45, 2.75) is 0 Å². The number of thiophene rings is 2. The highest BCUT2D eigenvalue weighted by Crippen LogP contribution is 2.56. The van der Waals surface area contributed by atoms with E-state index in [2.05, 4.69) is 321 Å². The molecule has 0 fully saturated rings. The molecule has 0 aliphatic heterocycles. The predicted octanol–water partition coefficient (Wildman–Crippen LogP) is 34.0. The zero-order valence-electron chi connectivity index (χ0n) is 77.4. The van der Waals surface area contributed by atoms with Crippen molar-refractivity contribution < 1.29 is 17.7 Å². The normalized spacial score (nSPS) is 12.1. The van der Waals surface area contributed by atoms with Crippen LogP contribution in [0.15, 0.2) is 455 Å². The summed E-state index contributed by atoms with van der Waals surface area (Å²) in [6.45, 7) is 0. The summed E-state index contributed by atoms with van der Waals surface area (Å²) in [6, 6.07) is 129. The van der Waals surface area contributed by atoms with Gasteiger partial charge in [0.25, 0.3) is 0 Å². The van der Waals surface area contributed by atoms with Gasteiger partial charge in [-0.1, -0.05) is 158 Å². The average Bonchev–Trinajstić information content (AvgIpc) is 1.57. The van der Waals surface area contributed by atoms with Gasteiger partial charge in [0.15, 0.2) is 5.76 Å². The molecule has 3 aliphatic rings. The maximum absolute atomic E-state index is 6.69. The van der Waals surface area contributed by atoms with Crippen LogP contribution in [-0.4, -0.2) is 58.1 Å². The van der Waals surface area contributed by atoms with E-state index in [-0.39, 0.29) is 0 Å². The lowest BCUT2D eigenvalue weighted by Crippen LogP contribution is -2.01. The molecule has 146 heavy (non-hydrogen) atoms. The van der Waals surface area contributed by atoms with Gasteiger partial charge in [0.1, 0.15) is 45.3 Å². The molecule has 0 saturated heterocycles. The minimum absolute atomic E-state index is 0.767. The first-order chi connectivity index (χ1) is 72.5. The Labute approximate surface area is 838 Å². The van der Waals surface area contributed by atoms with E-state index in [1.54, 1.807) is 30.1 Å². The van der Waals surface area contributed by atoms with Crippen molar-refractivity contribution in [3.63, 3.8) is 0 Å². The number of hydrogen-bond donors (Lipinski definition) is 0. The van der Waals surface area contributed by atoms with Crippen LogP contribution in [0, 0.1) is 0 Å². The summed E-state index contributed by atoms with van der Waals surface area (Å²) in [5.74, 6) is 2.43. The number of hydrogen-bond acceptors (Lipinski definition) is 14. The quantitative estimate of drug-likeness (QED) is 0.154. The largest absolute Gasteiger partial charge is 0.464 e. The first-order valence-corrected chi connectivity index (χ1v) is 50.2. The standard InChI is InChI=1S/C43H25N5O.C43H24N4OS.C42H23N3O2S/c1-4-14-38-28(8-1)34-12-7-22-46-43(34)48(38)27-16-18-39-36(25-27)29-9-2-3-13-37(29)47(39)26-15-17-32-35(24-26)31-11-6-21-45-41(31)40-30(10-5-20-44-40)33-19-23-49-42(32)33;1-2-13-37-28(7-1)34-12-6-21-46-43(34)47(37)26-15-17-38-36(24-26)31-9-3-8-27(41(31)48-38)25-14-16-32-35(23-25)30-11-5-20-45-40(30)39-29(10-4-19-44-39)33-18-22-49-42(32)33;1-2-11-36-27(6-1)33-10-5-19-44-42(33)45(36)25-13-15-37-35(23-25)32-8-3-7-26(41(32)48-37)24-12-14-29-34(22-24)31-17-21-47-40(31)38-28(9-4-18-43-38)30-16-20-46-39(29)30/h1-25H;1-24H;1-23H. The van der Waals surface area contributed by atoms with E-state index in [0.29, 0.717) is 0 Å². The van der Waals surface area contributed by atoms with Crippen LogP contribution in [0.1, 0.15) is 0 Å². The molecule has 0 amide bonds. The second-order valence-electron chi connectivity index (χ2n) is 37.1. The van der Waals surface area contributed by atoms with E-state index >= 15 is 0 Å². The van der Waals surface area contributed by atoms with Gasteiger partial charge in [0.2, 0.25) is 0 Å². The summed E-state index contributed by atoms with van der Waals surface area (Å²) in [7, 11) is 0. The second-order valence-corrected chi connectivity index (χ2v) is 39.0. The smallest absolute Gasteiger partial charge is 0.160 e. The summed E-state index contributed by atoms with van der Waals surface area (Å²) >= 11 is 3.60. The SMILES string of the molecule is c1cnc2c(c1)-c1cc(-c3cccc4c3oc3ccc(-n5c6ccccc6c6cccnc65)cc34)ccc1-c1sccc1-c1cccnc1-2.c1cnc2c(c1)-c1cc(-n3c4ccccc4c4cc(-n5c6ccccc6c6cccnc65)ccc43)ccc1-c1occc1-c1cccnc1-2.c1cnc2c(c1)-c1ccoc1-c1ccc(-c3cccc4c3sc3ccc(-n5c6ccccc6c6cccnc65)cc34)cc1-c1ccoc1-2. The van der Waals surface area contributed by atoms with Crippen molar-refractivity contribution in [2.75, 3.05) is 0 Å². The molecule has 33 rings (SSSR count). The fourth-order valence-electron chi connectivity index (χ4n) is 23.2. The van der Waals surface area contributed by atoms with Gasteiger partial charge in [-0.15, -0.1) is 22.7 Å². The molecule has 0 spiro atoms. The van der Waals surface area contributed by atoms with E-state index in [0.717, 1.165) is 240 Å². The second kappa shape index (κ2) is 32.1. The molecule has 0 saturated carbocycles. The Morgan fingerprint density at radius 1 is 0.212 bits per heavy atom. The van der Waals surface area contributed by atoms with Gasteiger partial charge in [0.05, 0.1) is 69.1 Å². The number of aromatic nitrogens is 12. The third-order valence-corrected chi connectivity index (χ3v) is 31.6. The van der Waals surface area contributed by atoms with E-state index in [1.807, 2.05) is 128 Å². The summed E-state index contributed by atoms with van der Waals surface area (Å²) in [6.07, 6.45) is 20.1. The Morgan fingerprint density at radius 3 is 1.17 bits per heavy atom. The summed E-state index contributed by atoms with van der Waals surface area (Å²) < 4.78 is 36.9. The van der Waals surface area contributed by atoms with Gasteiger partial charge < -0.3 is 22.2 Å². The molecule has 0 atom stereocenters. The Kier molecular flexibility index (Phi) is 17.9. The monoisotopic (exact) mass is 1900 g/mol. The molecule has 18 aromatic heterocycles. The number of rotatable bonds is 6. The number of benzene rings is 12. The number of furan rings is 4. The number of para-hydroxylation sites is 5. The van der Waals surface area contributed by atoms with E-state index < -0.39 is 0 Å². The Balaban J connectivity index is 0.0000000995. The van der Waals surface area contributed by atoms with Crippen molar-refractivity contribution in [3.8, 4) is 179 Å². The summed E-state index contributed by atoms with van der Waals surface area (Å²) in [4.78, 5) is 39.8. The molecule has 12 aromatic carbocycles. The van der Waals surface area contributed by atoms with Crippen molar-refractivity contribution in [1.29, 1.82) is 0 Å². The van der Waals surface area contributed by atoms with Gasteiger partial charge in [-0.2, -0.15) is 0 Å². The topological polar surface area (TPSA) is 175 Å². The van der Waals surface area contributed by atoms with Crippen molar-refractivity contribution in [1.82, 2.24) is 58.1 Å². The summed E-state index contributed by atoms with van der Waals surface area (Å²) in [5.41, 5.74) is 39.3. The molecule has 16 nitrogen and oxygen atoms in total. The van der Waals surface area contributed by atoms with Crippen LogP contribution >= 0.6 is 22.7 Å². The third kappa shape index (κ3) is 12.2. The van der Waals surface area contributed by atoms with Crippen LogP contribution in [0.5, 0.6) is 0 Å². The Bertz CT molecular complexity index is 10600. The fourth-order valence-corrected chi connectivity index (χ4v) is 25.3. The number of nitrogens with zero attached hydrogens (tertiary/aromatic N) is 12. The Morgan fingerprint density at radius 2 is 0.596 bits per heavy atom. The van der Waals surface area contributed by atoms with Crippen molar-refractivity contribution >= 4 is 152 Å². The van der Waals surface area contributed by atoms with Gasteiger partial charge >= 0.3 is 0 Å². The lowest BCUT2D eigenvalue weighted by Gasteiger charge is -2.20. The first-order valence-electron chi connectivity index (χ1n) is 48.5. The van der Waals surface area contributed by atoms with Crippen molar-refractivity contribution in [2.24, 2.45) is 0 Å². The third-order valence-electron chi connectivity index (χ3n) is 29.5. The predicted molar refractivity (Wildman–Crippen MR) is 591 cm³/mol. The van der Waals surface area contributed by atoms with Gasteiger partial charge in [-0.3, -0.25) is 38.6 Å².